The average molecular weight is 313 g/mol. The second-order valence-electron chi connectivity index (χ2n) is 3.41. The first kappa shape index (κ1) is 12.6. The predicted octanol–water partition coefficient (Wildman–Crippen LogP) is 3.37. The predicted molar refractivity (Wildman–Crippen MR) is 66.2 cm³/mol. The number of benzene rings is 1. The molecule has 2 rings (SSSR count). The Kier molecular flexibility index (Phi) is 3.66. The summed E-state index contributed by atoms with van der Waals surface area (Å²) in [7, 11) is 0. The zero-order valence-corrected chi connectivity index (χ0v) is 10.5. The highest BCUT2D eigenvalue weighted by Crippen LogP contribution is 2.19. The Morgan fingerprint density at radius 1 is 1.28 bits per heavy atom. The maximum atomic E-state index is 13.4. The first-order chi connectivity index (χ1) is 8.58. The van der Waals surface area contributed by atoms with E-state index >= 15 is 0 Å². The molecule has 1 aromatic heterocycles. The van der Waals surface area contributed by atoms with Gasteiger partial charge in [0.1, 0.15) is 17.5 Å². The van der Waals surface area contributed by atoms with Crippen LogP contribution in [0.2, 0.25) is 0 Å². The molecule has 2 aromatic rings. The van der Waals surface area contributed by atoms with Gasteiger partial charge in [-0.25, -0.2) is 13.8 Å². The third kappa shape index (κ3) is 2.70. The lowest BCUT2D eigenvalue weighted by atomic mass is 10.2. The summed E-state index contributed by atoms with van der Waals surface area (Å²) in [6.45, 7) is 0. The van der Waals surface area contributed by atoms with E-state index in [1.807, 2.05) is 0 Å². The molecule has 0 atom stereocenters. The van der Waals surface area contributed by atoms with Gasteiger partial charge in [0, 0.05) is 6.20 Å². The zero-order chi connectivity index (χ0) is 13.1. The lowest BCUT2D eigenvalue weighted by molar-refractivity contribution is 0.102. The van der Waals surface area contributed by atoms with Crippen molar-refractivity contribution in [3.63, 3.8) is 0 Å². The Balaban J connectivity index is 2.28. The summed E-state index contributed by atoms with van der Waals surface area (Å²) >= 11 is 3.19. The van der Waals surface area contributed by atoms with Crippen LogP contribution in [0.1, 0.15) is 10.4 Å². The minimum Gasteiger partial charge on any atom is -0.306 e. The van der Waals surface area contributed by atoms with Gasteiger partial charge in [0.05, 0.1) is 10.0 Å². The summed E-state index contributed by atoms with van der Waals surface area (Å²) in [5.74, 6) is -1.99. The third-order valence-corrected chi connectivity index (χ3v) is 2.80. The normalized spacial score (nSPS) is 10.2. The van der Waals surface area contributed by atoms with Gasteiger partial charge in [-0.3, -0.25) is 4.79 Å². The maximum absolute atomic E-state index is 13.4. The van der Waals surface area contributed by atoms with Crippen LogP contribution in [0.5, 0.6) is 0 Å². The van der Waals surface area contributed by atoms with Gasteiger partial charge >= 0.3 is 0 Å². The fraction of sp³-hybridized carbons (Fsp3) is 0. The van der Waals surface area contributed by atoms with Gasteiger partial charge in [0.25, 0.3) is 5.91 Å². The SMILES string of the molecule is O=C(Nc1ncccc1Br)c1cc(F)ccc1F. The molecule has 1 N–H and O–H groups in total. The number of nitrogens with zero attached hydrogens (tertiary/aromatic N) is 1. The molecule has 0 saturated heterocycles. The average Bonchev–Trinajstić information content (AvgIpc) is 2.35. The standard InChI is InChI=1S/C12H7BrF2N2O/c13-9-2-1-5-16-11(9)17-12(18)8-6-7(14)3-4-10(8)15/h1-6H,(H,16,17,18). The van der Waals surface area contributed by atoms with Gasteiger partial charge in [-0.1, -0.05) is 0 Å². The van der Waals surface area contributed by atoms with Crippen LogP contribution in [0.25, 0.3) is 0 Å². The van der Waals surface area contributed by atoms with Crippen LogP contribution in [0.3, 0.4) is 0 Å². The van der Waals surface area contributed by atoms with Crippen LogP contribution in [0, 0.1) is 11.6 Å². The lowest BCUT2D eigenvalue weighted by Crippen LogP contribution is -2.15. The smallest absolute Gasteiger partial charge is 0.259 e. The van der Waals surface area contributed by atoms with Crippen molar-refractivity contribution in [1.82, 2.24) is 4.98 Å². The van der Waals surface area contributed by atoms with Crippen molar-refractivity contribution in [2.75, 3.05) is 5.32 Å². The highest BCUT2D eigenvalue weighted by atomic mass is 79.9. The van der Waals surface area contributed by atoms with Crippen molar-refractivity contribution in [2.45, 2.75) is 0 Å². The number of pyridine rings is 1. The molecule has 0 fully saturated rings. The van der Waals surface area contributed by atoms with Crippen molar-refractivity contribution in [2.24, 2.45) is 0 Å². The summed E-state index contributed by atoms with van der Waals surface area (Å²) < 4.78 is 26.9. The number of rotatable bonds is 2. The summed E-state index contributed by atoms with van der Waals surface area (Å²) in [5, 5.41) is 2.39. The third-order valence-electron chi connectivity index (χ3n) is 2.16. The molecule has 0 aliphatic rings. The van der Waals surface area contributed by atoms with E-state index in [9.17, 15) is 13.6 Å². The van der Waals surface area contributed by atoms with Gasteiger partial charge < -0.3 is 5.32 Å². The molecule has 0 spiro atoms. The van der Waals surface area contributed by atoms with Crippen LogP contribution in [-0.4, -0.2) is 10.9 Å². The van der Waals surface area contributed by atoms with Crippen molar-refractivity contribution < 1.29 is 13.6 Å². The van der Waals surface area contributed by atoms with E-state index in [0.717, 1.165) is 18.2 Å². The second-order valence-corrected chi connectivity index (χ2v) is 4.27. The Hall–Kier alpha value is -1.82. The van der Waals surface area contributed by atoms with E-state index in [2.05, 4.69) is 26.2 Å². The van der Waals surface area contributed by atoms with E-state index in [1.165, 1.54) is 6.20 Å². The molecule has 18 heavy (non-hydrogen) atoms. The Morgan fingerprint density at radius 3 is 2.78 bits per heavy atom. The molecule has 1 heterocycles. The quantitative estimate of drug-likeness (QED) is 0.923. The lowest BCUT2D eigenvalue weighted by Gasteiger charge is -2.06. The van der Waals surface area contributed by atoms with Crippen LogP contribution in [-0.2, 0) is 0 Å². The van der Waals surface area contributed by atoms with Crippen molar-refractivity contribution in [3.05, 3.63) is 58.2 Å². The monoisotopic (exact) mass is 312 g/mol. The molecule has 92 valence electrons. The number of hydrogen-bond acceptors (Lipinski definition) is 2. The summed E-state index contributed by atoms with van der Waals surface area (Å²) in [4.78, 5) is 15.7. The van der Waals surface area contributed by atoms with E-state index in [1.54, 1.807) is 12.1 Å². The van der Waals surface area contributed by atoms with E-state index in [0.29, 0.717) is 4.47 Å². The number of aromatic nitrogens is 1. The highest BCUT2D eigenvalue weighted by molar-refractivity contribution is 9.10. The Bertz CT molecular complexity index is 604. The number of amides is 1. The number of nitrogens with one attached hydrogen (secondary N) is 1. The molecule has 0 bridgehead atoms. The van der Waals surface area contributed by atoms with Crippen molar-refractivity contribution >= 4 is 27.7 Å². The number of carbonyl (C=O) groups excluding carboxylic acids is 1. The van der Waals surface area contributed by atoms with E-state index < -0.39 is 17.5 Å². The molecule has 0 unspecified atom stereocenters. The molecule has 1 amide bonds. The topological polar surface area (TPSA) is 42.0 Å². The van der Waals surface area contributed by atoms with Gasteiger partial charge in [0.15, 0.2) is 0 Å². The van der Waals surface area contributed by atoms with E-state index in [4.69, 9.17) is 0 Å². The molecular weight excluding hydrogens is 306 g/mol. The first-order valence-electron chi connectivity index (χ1n) is 4.95. The molecular formula is C12H7BrF2N2O. The molecule has 6 heteroatoms. The van der Waals surface area contributed by atoms with Crippen LogP contribution in [0.15, 0.2) is 41.0 Å². The van der Waals surface area contributed by atoms with Crippen molar-refractivity contribution in [3.8, 4) is 0 Å². The molecule has 3 nitrogen and oxygen atoms in total. The largest absolute Gasteiger partial charge is 0.306 e. The highest BCUT2D eigenvalue weighted by Gasteiger charge is 2.14. The van der Waals surface area contributed by atoms with Crippen LogP contribution < -0.4 is 5.32 Å². The van der Waals surface area contributed by atoms with Gasteiger partial charge in [-0.2, -0.15) is 0 Å². The van der Waals surface area contributed by atoms with E-state index in [-0.39, 0.29) is 11.4 Å². The summed E-state index contributed by atoms with van der Waals surface area (Å²) in [5.41, 5.74) is -0.368. The fourth-order valence-corrected chi connectivity index (χ4v) is 1.68. The summed E-state index contributed by atoms with van der Waals surface area (Å²) in [6, 6.07) is 6.02. The van der Waals surface area contributed by atoms with Gasteiger partial charge in [0.2, 0.25) is 0 Å². The minimum atomic E-state index is -0.791. The van der Waals surface area contributed by atoms with Gasteiger partial charge in [-0.05, 0) is 46.3 Å². The number of anilines is 1. The number of carbonyl (C=O) groups is 1. The number of hydrogen-bond donors (Lipinski definition) is 1. The fourth-order valence-electron chi connectivity index (χ4n) is 1.32. The molecule has 0 saturated carbocycles. The summed E-state index contributed by atoms with van der Waals surface area (Å²) in [6.07, 6.45) is 1.47. The van der Waals surface area contributed by atoms with Crippen LogP contribution >= 0.6 is 15.9 Å². The van der Waals surface area contributed by atoms with Gasteiger partial charge in [-0.15, -0.1) is 0 Å². The minimum absolute atomic E-state index is 0.242. The first-order valence-corrected chi connectivity index (χ1v) is 5.74. The Labute approximate surface area is 110 Å². The molecule has 0 aliphatic heterocycles. The zero-order valence-electron chi connectivity index (χ0n) is 8.95. The van der Waals surface area contributed by atoms with Crippen molar-refractivity contribution in [1.29, 1.82) is 0 Å². The number of halogens is 3. The molecule has 0 aliphatic carbocycles. The van der Waals surface area contributed by atoms with Crippen LogP contribution in [0.4, 0.5) is 14.6 Å². The maximum Gasteiger partial charge on any atom is 0.259 e. The Morgan fingerprint density at radius 2 is 2.06 bits per heavy atom. The molecule has 0 radical (unpaired) electrons. The second kappa shape index (κ2) is 5.22. The molecule has 1 aromatic carbocycles.